The molecule has 106 valence electrons. The molecule has 1 amide bonds. The van der Waals surface area contributed by atoms with Crippen LogP contribution >= 0.6 is 27.3 Å². The first kappa shape index (κ1) is 14.0. The molecule has 6 heteroatoms. The van der Waals surface area contributed by atoms with Crippen LogP contribution in [0.4, 0.5) is 0 Å². The van der Waals surface area contributed by atoms with Crippen molar-refractivity contribution in [2.45, 2.75) is 6.54 Å². The summed E-state index contributed by atoms with van der Waals surface area (Å²) in [5, 5.41) is 11.8. The smallest absolute Gasteiger partial charge is 0.255 e. The lowest BCUT2D eigenvalue weighted by atomic mass is 10.2. The average Bonchev–Trinajstić information content (AvgIpc) is 3.16. The molecule has 0 atom stereocenters. The Bertz CT molecular complexity index is 735. The summed E-state index contributed by atoms with van der Waals surface area (Å²) in [5.41, 5.74) is 2.38. The summed E-state index contributed by atoms with van der Waals surface area (Å²) in [6, 6.07) is 11.8. The van der Waals surface area contributed by atoms with Gasteiger partial charge in [-0.15, -0.1) is 11.3 Å². The number of nitrogens with one attached hydrogen (secondary N) is 2. The maximum atomic E-state index is 12.3. The fourth-order valence-electron chi connectivity index (χ4n) is 1.95. The number of aromatic nitrogens is 2. The van der Waals surface area contributed by atoms with Gasteiger partial charge >= 0.3 is 0 Å². The highest BCUT2D eigenvalue weighted by molar-refractivity contribution is 9.10. The molecule has 2 heterocycles. The second-order valence-corrected chi connectivity index (χ2v) is 6.31. The summed E-state index contributed by atoms with van der Waals surface area (Å²) in [6.45, 7) is 0.487. The molecular formula is C15H12BrN3OS. The fourth-order valence-corrected chi connectivity index (χ4v) is 2.95. The molecule has 0 unspecified atom stereocenters. The zero-order valence-corrected chi connectivity index (χ0v) is 13.4. The molecule has 0 saturated carbocycles. The number of carbonyl (C=O) groups is 1. The monoisotopic (exact) mass is 361 g/mol. The number of halogens is 1. The quantitative estimate of drug-likeness (QED) is 0.741. The molecule has 21 heavy (non-hydrogen) atoms. The Kier molecular flexibility index (Phi) is 4.17. The number of benzene rings is 1. The zero-order valence-electron chi connectivity index (χ0n) is 11.0. The summed E-state index contributed by atoms with van der Waals surface area (Å²) >= 11 is 4.96. The average molecular weight is 362 g/mol. The van der Waals surface area contributed by atoms with Crippen molar-refractivity contribution >= 4 is 33.2 Å². The van der Waals surface area contributed by atoms with Gasteiger partial charge in [0.05, 0.1) is 22.3 Å². The van der Waals surface area contributed by atoms with Crippen molar-refractivity contribution in [2.24, 2.45) is 0 Å². The van der Waals surface area contributed by atoms with E-state index < -0.39 is 0 Å². The summed E-state index contributed by atoms with van der Waals surface area (Å²) < 4.78 is 1.02. The molecule has 0 aliphatic carbocycles. The minimum absolute atomic E-state index is 0.130. The van der Waals surface area contributed by atoms with Gasteiger partial charge in [0.2, 0.25) is 0 Å². The summed E-state index contributed by atoms with van der Waals surface area (Å²) in [7, 11) is 0. The van der Waals surface area contributed by atoms with E-state index in [0.29, 0.717) is 12.1 Å². The van der Waals surface area contributed by atoms with E-state index in [9.17, 15) is 4.79 Å². The van der Waals surface area contributed by atoms with Crippen LogP contribution in [-0.4, -0.2) is 16.1 Å². The van der Waals surface area contributed by atoms with Gasteiger partial charge in [-0.25, -0.2) is 0 Å². The van der Waals surface area contributed by atoms with E-state index in [1.807, 2.05) is 41.8 Å². The normalized spacial score (nSPS) is 10.5. The molecule has 0 aliphatic heterocycles. The predicted molar refractivity (Wildman–Crippen MR) is 87.2 cm³/mol. The Morgan fingerprint density at radius 2 is 2.10 bits per heavy atom. The van der Waals surface area contributed by atoms with E-state index in [2.05, 4.69) is 31.4 Å². The molecule has 2 aromatic heterocycles. The number of thiophene rings is 1. The summed E-state index contributed by atoms with van der Waals surface area (Å²) in [6.07, 6.45) is 1.56. The van der Waals surface area contributed by atoms with E-state index in [1.54, 1.807) is 17.5 Å². The largest absolute Gasteiger partial charge is 0.348 e. The van der Waals surface area contributed by atoms with Gasteiger partial charge in [0, 0.05) is 11.0 Å². The highest BCUT2D eigenvalue weighted by Crippen LogP contribution is 2.25. The van der Waals surface area contributed by atoms with E-state index in [4.69, 9.17) is 0 Å². The van der Waals surface area contributed by atoms with Crippen molar-refractivity contribution in [3.63, 3.8) is 0 Å². The van der Waals surface area contributed by atoms with Crippen molar-refractivity contribution < 1.29 is 4.79 Å². The van der Waals surface area contributed by atoms with Gasteiger partial charge < -0.3 is 5.32 Å². The Labute approximate surface area is 134 Å². The molecule has 0 saturated heterocycles. The number of hydrogen-bond acceptors (Lipinski definition) is 3. The van der Waals surface area contributed by atoms with Crippen molar-refractivity contribution in [1.29, 1.82) is 0 Å². The Hall–Kier alpha value is -1.92. The topological polar surface area (TPSA) is 57.8 Å². The van der Waals surface area contributed by atoms with E-state index in [0.717, 1.165) is 20.6 Å². The van der Waals surface area contributed by atoms with Crippen LogP contribution in [0.15, 0.2) is 52.4 Å². The fraction of sp³-hybridized carbons (Fsp3) is 0.0667. The number of nitrogens with zero attached hydrogens (tertiary/aromatic N) is 1. The Balaban J connectivity index is 1.72. The first-order valence-corrected chi connectivity index (χ1v) is 8.01. The van der Waals surface area contributed by atoms with Crippen LogP contribution in [0, 0.1) is 0 Å². The zero-order chi connectivity index (χ0) is 14.7. The lowest BCUT2D eigenvalue weighted by Crippen LogP contribution is -2.22. The molecule has 0 spiro atoms. The van der Waals surface area contributed by atoms with Crippen molar-refractivity contribution in [1.82, 2.24) is 15.5 Å². The molecule has 3 aromatic rings. The first-order valence-electron chi connectivity index (χ1n) is 6.34. The molecule has 2 N–H and O–H groups in total. The van der Waals surface area contributed by atoms with Crippen LogP contribution in [-0.2, 0) is 6.54 Å². The molecule has 0 radical (unpaired) electrons. The second kappa shape index (κ2) is 6.24. The number of hydrogen-bond donors (Lipinski definition) is 2. The number of aromatic amines is 1. The molecule has 4 nitrogen and oxygen atoms in total. The van der Waals surface area contributed by atoms with Crippen LogP contribution in [0.5, 0.6) is 0 Å². The van der Waals surface area contributed by atoms with Gasteiger partial charge in [-0.3, -0.25) is 9.89 Å². The number of carbonyl (C=O) groups excluding carboxylic acids is 1. The Morgan fingerprint density at radius 1 is 1.29 bits per heavy atom. The van der Waals surface area contributed by atoms with Crippen molar-refractivity contribution in [2.75, 3.05) is 0 Å². The van der Waals surface area contributed by atoms with Crippen molar-refractivity contribution in [3.8, 4) is 10.6 Å². The third-order valence-corrected chi connectivity index (χ3v) is 4.43. The minimum Gasteiger partial charge on any atom is -0.348 e. The lowest BCUT2D eigenvalue weighted by Gasteiger charge is -2.05. The van der Waals surface area contributed by atoms with Crippen LogP contribution in [0.1, 0.15) is 15.9 Å². The molecule has 0 bridgehead atoms. The summed E-state index contributed by atoms with van der Waals surface area (Å²) in [5.74, 6) is -0.130. The third-order valence-electron chi connectivity index (χ3n) is 3.02. The molecule has 3 rings (SSSR count). The first-order chi connectivity index (χ1) is 10.2. The number of H-pyrrole nitrogens is 1. The van der Waals surface area contributed by atoms with Gasteiger partial charge in [-0.05, 0) is 29.1 Å². The van der Waals surface area contributed by atoms with Crippen LogP contribution in [0.3, 0.4) is 0 Å². The predicted octanol–water partition coefficient (Wildman–Crippen LogP) is 3.83. The maximum Gasteiger partial charge on any atom is 0.255 e. The second-order valence-electron chi connectivity index (χ2n) is 4.45. The van der Waals surface area contributed by atoms with Gasteiger partial charge in [0.15, 0.2) is 0 Å². The molecule has 0 fully saturated rings. The SMILES string of the molecule is O=C(NCc1ccc(Br)cc1)c1cn[nH]c1-c1cccs1. The number of amides is 1. The van der Waals surface area contributed by atoms with Crippen molar-refractivity contribution in [3.05, 3.63) is 63.6 Å². The highest BCUT2D eigenvalue weighted by atomic mass is 79.9. The maximum absolute atomic E-state index is 12.3. The highest BCUT2D eigenvalue weighted by Gasteiger charge is 2.15. The van der Waals surface area contributed by atoms with Gasteiger partial charge in [-0.2, -0.15) is 5.10 Å². The number of rotatable bonds is 4. The van der Waals surface area contributed by atoms with Crippen LogP contribution < -0.4 is 5.32 Å². The molecule has 1 aromatic carbocycles. The van der Waals surface area contributed by atoms with E-state index in [1.165, 1.54) is 0 Å². The minimum atomic E-state index is -0.130. The van der Waals surface area contributed by atoms with Gasteiger partial charge in [0.1, 0.15) is 0 Å². The Morgan fingerprint density at radius 3 is 2.81 bits per heavy atom. The van der Waals surface area contributed by atoms with Gasteiger partial charge in [-0.1, -0.05) is 34.1 Å². The lowest BCUT2D eigenvalue weighted by molar-refractivity contribution is 0.0951. The van der Waals surface area contributed by atoms with Crippen LogP contribution in [0.25, 0.3) is 10.6 Å². The summed E-state index contributed by atoms with van der Waals surface area (Å²) in [4.78, 5) is 13.3. The molecule has 0 aliphatic rings. The van der Waals surface area contributed by atoms with Gasteiger partial charge in [0.25, 0.3) is 5.91 Å². The van der Waals surface area contributed by atoms with E-state index in [-0.39, 0.29) is 5.91 Å². The standard InChI is InChI=1S/C15H12BrN3OS/c16-11-5-3-10(4-6-11)8-17-15(20)12-9-18-19-14(12)13-2-1-7-21-13/h1-7,9H,8H2,(H,17,20)(H,18,19). The van der Waals surface area contributed by atoms with Crippen LogP contribution in [0.2, 0.25) is 0 Å². The third kappa shape index (κ3) is 3.22. The molecular weight excluding hydrogens is 350 g/mol. The van der Waals surface area contributed by atoms with E-state index >= 15 is 0 Å².